The molecule has 7 nitrogen and oxygen atoms in total. The number of carbonyl (C=O) groups is 1. The molecule has 3 rings (SSSR count). The topological polar surface area (TPSA) is 79.5 Å². The number of hydrogen-bond donors (Lipinski definition) is 0. The van der Waals surface area contributed by atoms with Crippen molar-refractivity contribution in [1.82, 2.24) is 9.13 Å². The Morgan fingerprint density at radius 1 is 1.19 bits per heavy atom. The molecule has 1 fully saturated rings. The molecule has 7 heteroatoms. The Morgan fingerprint density at radius 2 is 1.85 bits per heavy atom. The standard InChI is InChI=1S/C20H24N2O5/c1-3-27-19(24)17-13-21(12-15-8-10-26-11-9-15)20(25)22(18(17)23)16-6-4-14(2)5-7-16/h4-7,13,15H,3,8-12H2,1-2H3. The summed E-state index contributed by atoms with van der Waals surface area (Å²) in [4.78, 5) is 38.2. The molecule has 0 radical (unpaired) electrons. The zero-order valence-corrected chi connectivity index (χ0v) is 15.6. The number of carbonyl (C=O) groups excluding carboxylic acids is 1. The van der Waals surface area contributed by atoms with Crippen LogP contribution in [-0.2, 0) is 16.0 Å². The first kappa shape index (κ1) is 19.1. The fourth-order valence-electron chi connectivity index (χ4n) is 3.21. The summed E-state index contributed by atoms with van der Waals surface area (Å²) < 4.78 is 12.9. The van der Waals surface area contributed by atoms with Crippen LogP contribution < -0.4 is 11.2 Å². The van der Waals surface area contributed by atoms with Gasteiger partial charge >= 0.3 is 11.7 Å². The zero-order chi connectivity index (χ0) is 19.4. The van der Waals surface area contributed by atoms with Crippen molar-refractivity contribution in [2.75, 3.05) is 19.8 Å². The molecule has 0 bridgehead atoms. The van der Waals surface area contributed by atoms with E-state index in [0.29, 0.717) is 25.4 Å². The minimum Gasteiger partial charge on any atom is -0.462 e. The van der Waals surface area contributed by atoms with E-state index in [4.69, 9.17) is 9.47 Å². The average molecular weight is 372 g/mol. The molecule has 0 unspecified atom stereocenters. The normalized spacial score (nSPS) is 14.9. The summed E-state index contributed by atoms with van der Waals surface area (Å²) in [6.07, 6.45) is 3.01. The lowest BCUT2D eigenvalue weighted by Gasteiger charge is -2.23. The van der Waals surface area contributed by atoms with Gasteiger partial charge in [0.1, 0.15) is 5.56 Å². The number of rotatable bonds is 5. The van der Waals surface area contributed by atoms with Crippen molar-refractivity contribution in [3.63, 3.8) is 0 Å². The lowest BCUT2D eigenvalue weighted by atomic mass is 10.0. The highest BCUT2D eigenvalue weighted by atomic mass is 16.5. The Balaban J connectivity index is 2.12. The molecule has 27 heavy (non-hydrogen) atoms. The number of esters is 1. The molecule has 0 atom stereocenters. The number of nitrogens with zero attached hydrogens (tertiary/aromatic N) is 2. The SMILES string of the molecule is CCOC(=O)c1cn(CC2CCOCC2)c(=O)n(-c2ccc(C)cc2)c1=O. The second-order valence-corrected chi connectivity index (χ2v) is 6.73. The highest BCUT2D eigenvalue weighted by Gasteiger charge is 2.22. The largest absolute Gasteiger partial charge is 0.462 e. The van der Waals surface area contributed by atoms with Gasteiger partial charge < -0.3 is 9.47 Å². The van der Waals surface area contributed by atoms with Gasteiger partial charge in [0, 0.05) is 26.0 Å². The number of aryl methyl sites for hydroxylation is 1. The van der Waals surface area contributed by atoms with Gasteiger partial charge in [0.15, 0.2) is 0 Å². The molecular weight excluding hydrogens is 348 g/mol. The van der Waals surface area contributed by atoms with Crippen molar-refractivity contribution in [1.29, 1.82) is 0 Å². The minimum absolute atomic E-state index is 0.135. The van der Waals surface area contributed by atoms with Gasteiger partial charge in [-0.25, -0.2) is 14.2 Å². The summed E-state index contributed by atoms with van der Waals surface area (Å²) in [5.41, 5.74) is 0.191. The van der Waals surface area contributed by atoms with Crippen LogP contribution in [0.2, 0.25) is 0 Å². The van der Waals surface area contributed by atoms with Crippen LogP contribution in [-0.4, -0.2) is 34.9 Å². The van der Waals surface area contributed by atoms with E-state index in [0.717, 1.165) is 23.0 Å². The molecule has 0 aliphatic carbocycles. The first-order chi connectivity index (χ1) is 13.0. The van der Waals surface area contributed by atoms with Gasteiger partial charge in [-0.1, -0.05) is 17.7 Å². The predicted octanol–water partition coefficient (Wildman–Crippen LogP) is 1.91. The zero-order valence-electron chi connectivity index (χ0n) is 15.6. The fourth-order valence-corrected chi connectivity index (χ4v) is 3.21. The molecule has 1 aromatic heterocycles. The summed E-state index contributed by atoms with van der Waals surface area (Å²) in [7, 11) is 0. The maximum absolute atomic E-state index is 13.0. The molecule has 1 saturated heterocycles. The number of aromatic nitrogens is 2. The summed E-state index contributed by atoms with van der Waals surface area (Å²) in [6.45, 7) is 5.49. The van der Waals surface area contributed by atoms with Crippen LogP contribution in [0.3, 0.4) is 0 Å². The van der Waals surface area contributed by atoms with Gasteiger partial charge in [-0.2, -0.15) is 0 Å². The molecular formula is C20H24N2O5. The monoisotopic (exact) mass is 372 g/mol. The van der Waals surface area contributed by atoms with Crippen LogP contribution in [0.15, 0.2) is 40.1 Å². The van der Waals surface area contributed by atoms with Crippen molar-refractivity contribution in [2.24, 2.45) is 5.92 Å². The average Bonchev–Trinajstić information content (AvgIpc) is 2.66. The van der Waals surface area contributed by atoms with Crippen molar-refractivity contribution in [2.45, 2.75) is 33.2 Å². The van der Waals surface area contributed by atoms with Crippen LogP contribution in [0.5, 0.6) is 0 Å². The molecule has 1 aliphatic rings. The van der Waals surface area contributed by atoms with Gasteiger partial charge in [-0.15, -0.1) is 0 Å². The van der Waals surface area contributed by atoms with E-state index < -0.39 is 17.2 Å². The third kappa shape index (κ3) is 4.19. The third-order valence-corrected chi connectivity index (χ3v) is 4.74. The van der Waals surface area contributed by atoms with E-state index in [9.17, 15) is 14.4 Å². The molecule has 144 valence electrons. The summed E-state index contributed by atoms with van der Waals surface area (Å²) in [5, 5.41) is 0. The molecule has 0 spiro atoms. The molecule has 0 saturated carbocycles. The van der Waals surface area contributed by atoms with Crippen molar-refractivity contribution >= 4 is 5.97 Å². The molecule has 1 aromatic carbocycles. The fraction of sp³-hybridized carbons (Fsp3) is 0.450. The van der Waals surface area contributed by atoms with E-state index in [2.05, 4.69) is 0 Å². The van der Waals surface area contributed by atoms with Gasteiger partial charge in [0.2, 0.25) is 0 Å². The second kappa shape index (κ2) is 8.35. The quantitative estimate of drug-likeness (QED) is 0.749. The Hall–Kier alpha value is -2.67. The van der Waals surface area contributed by atoms with Crippen LogP contribution in [0.4, 0.5) is 0 Å². The lowest BCUT2D eigenvalue weighted by Crippen LogP contribution is -2.42. The molecule has 2 heterocycles. The van der Waals surface area contributed by atoms with E-state index in [1.54, 1.807) is 19.1 Å². The van der Waals surface area contributed by atoms with Crippen LogP contribution in [0.1, 0.15) is 35.7 Å². The molecule has 0 N–H and O–H groups in total. The van der Waals surface area contributed by atoms with Crippen molar-refractivity contribution < 1.29 is 14.3 Å². The van der Waals surface area contributed by atoms with E-state index in [1.165, 1.54) is 10.8 Å². The highest BCUT2D eigenvalue weighted by molar-refractivity contribution is 5.88. The summed E-state index contributed by atoms with van der Waals surface area (Å²) >= 11 is 0. The highest BCUT2D eigenvalue weighted by Crippen LogP contribution is 2.16. The Bertz CT molecular complexity index is 921. The van der Waals surface area contributed by atoms with E-state index in [-0.39, 0.29) is 18.1 Å². The lowest BCUT2D eigenvalue weighted by molar-refractivity contribution is 0.0518. The summed E-state index contributed by atoms with van der Waals surface area (Å²) in [5.74, 6) is -0.459. The number of benzene rings is 1. The van der Waals surface area contributed by atoms with Crippen molar-refractivity contribution in [3.05, 3.63) is 62.4 Å². The maximum Gasteiger partial charge on any atom is 0.345 e. The van der Waals surface area contributed by atoms with E-state index in [1.807, 2.05) is 19.1 Å². The molecule has 2 aromatic rings. The van der Waals surface area contributed by atoms with Crippen LogP contribution in [0.25, 0.3) is 5.69 Å². The van der Waals surface area contributed by atoms with Crippen LogP contribution in [0, 0.1) is 12.8 Å². The Labute approximate surface area is 157 Å². The smallest absolute Gasteiger partial charge is 0.345 e. The Kier molecular flexibility index (Phi) is 5.91. The van der Waals surface area contributed by atoms with E-state index >= 15 is 0 Å². The van der Waals surface area contributed by atoms with Crippen LogP contribution >= 0.6 is 0 Å². The predicted molar refractivity (Wildman–Crippen MR) is 101 cm³/mol. The summed E-state index contributed by atoms with van der Waals surface area (Å²) in [6, 6.07) is 7.04. The Morgan fingerprint density at radius 3 is 2.48 bits per heavy atom. The molecule has 1 aliphatic heterocycles. The van der Waals surface area contributed by atoms with Gasteiger partial charge in [-0.05, 0) is 44.7 Å². The first-order valence-corrected chi connectivity index (χ1v) is 9.19. The minimum atomic E-state index is -0.718. The van der Waals surface area contributed by atoms with Gasteiger partial charge in [0.25, 0.3) is 5.56 Å². The maximum atomic E-state index is 13.0. The number of ether oxygens (including phenoxy) is 2. The third-order valence-electron chi connectivity index (χ3n) is 4.74. The molecule has 0 amide bonds. The second-order valence-electron chi connectivity index (χ2n) is 6.73. The van der Waals surface area contributed by atoms with Gasteiger partial charge in [-0.3, -0.25) is 9.36 Å². The number of hydrogen-bond acceptors (Lipinski definition) is 5. The van der Waals surface area contributed by atoms with Gasteiger partial charge in [0.05, 0.1) is 12.3 Å². The van der Waals surface area contributed by atoms with Crippen molar-refractivity contribution in [3.8, 4) is 5.69 Å². The first-order valence-electron chi connectivity index (χ1n) is 9.19.